The minimum absolute atomic E-state index is 0.150. The maximum absolute atomic E-state index is 5.68. The summed E-state index contributed by atoms with van der Waals surface area (Å²) < 4.78 is 8.52. The highest BCUT2D eigenvalue weighted by Crippen LogP contribution is 2.23. The smallest absolute Gasteiger partial charge is 0.165 e. The van der Waals surface area contributed by atoms with Crippen LogP contribution in [0.4, 0.5) is 0 Å². The number of halogens is 1. The first kappa shape index (κ1) is 12.1. The topological polar surface area (TPSA) is 39.1 Å². The van der Waals surface area contributed by atoms with Gasteiger partial charge < -0.3 is 4.74 Å². The molecule has 2 aromatic rings. The molecule has 0 saturated heterocycles. The highest BCUT2D eigenvalue weighted by molar-refractivity contribution is 9.10. The second-order valence-corrected chi connectivity index (χ2v) is 4.59. The van der Waals surface area contributed by atoms with Crippen LogP contribution < -0.4 is 10.1 Å². The number of nitrogens with one attached hydrogen (secondary N) is 1. The molecule has 1 N–H and O–H groups in total. The van der Waals surface area contributed by atoms with Crippen LogP contribution in [0.3, 0.4) is 0 Å². The van der Waals surface area contributed by atoms with Crippen LogP contribution in [0.2, 0.25) is 0 Å². The summed E-state index contributed by atoms with van der Waals surface area (Å²) in [4.78, 5) is 0. The van der Waals surface area contributed by atoms with Crippen LogP contribution in [0.15, 0.2) is 41.1 Å². The summed E-state index contributed by atoms with van der Waals surface area (Å²) in [6, 6.07) is 7.69. The SMILES string of the molecule is CNC(C)n1cc(Oc2ccc(Br)cc2)cn1. The molecular weight excluding hydrogens is 282 g/mol. The summed E-state index contributed by atoms with van der Waals surface area (Å²) >= 11 is 3.38. The Balaban J connectivity index is 2.08. The zero-order valence-corrected chi connectivity index (χ0v) is 11.3. The lowest BCUT2D eigenvalue weighted by molar-refractivity contribution is 0.428. The van der Waals surface area contributed by atoms with E-state index in [0.29, 0.717) is 0 Å². The minimum atomic E-state index is 0.150. The van der Waals surface area contributed by atoms with Crippen molar-refractivity contribution in [2.75, 3.05) is 7.05 Å². The van der Waals surface area contributed by atoms with Crippen molar-refractivity contribution in [3.63, 3.8) is 0 Å². The van der Waals surface area contributed by atoms with Crippen LogP contribution in [0.1, 0.15) is 13.1 Å². The van der Waals surface area contributed by atoms with E-state index in [0.717, 1.165) is 16.0 Å². The van der Waals surface area contributed by atoms with Crippen molar-refractivity contribution >= 4 is 15.9 Å². The monoisotopic (exact) mass is 295 g/mol. The van der Waals surface area contributed by atoms with Crippen LogP contribution in [0, 0.1) is 0 Å². The summed E-state index contributed by atoms with van der Waals surface area (Å²) in [6.45, 7) is 2.02. The number of aromatic nitrogens is 2. The van der Waals surface area contributed by atoms with Crippen LogP contribution >= 0.6 is 15.9 Å². The number of nitrogens with zero attached hydrogens (tertiary/aromatic N) is 2. The Hall–Kier alpha value is -1.33. The van der Waals surface area contributed by atoms with Crippen molar-refractivity contribution in [1.29, 1.82) is 0 Å². The molecule has 0 radical (unpaired) electrons. The van der Waals surface area contributed by atoms with Gasteiger partial charge in [0.05, 0.1) is 18.6 Å². The number of ether oxygens (including phenoxy) is 1. The lowest BCUT2D eigenvalue weighted by atomic mass is 10.3. The Labute approximate surface area is 109 Å². The molecule has 1 aromatic carbocycles. The molecule has 0 amide bonds. The van der Waals surface area contributed by atoms with Crippen LogP contribution in [0.25, 0.3) is 0 Å². The largest absolute Gasteiger partial charge is 0.454 e. The van der Waals surface area contributed by atoms with Crippen molar-refractivity contribution in [3.05, 3.63) is 41.1 Å². The summed E-state index contributed by atoms with van der Waals surface area (Å²) in [5.74, 6) is 1.53. The number of rotatable bonds is 4. The van der Waals surface area contributed by atoms with E-state index in [1.54, 1.807) is 6.20 Å². The molecule has 17 heavy (non-hydrogen) atoms. The van der Waals surface area contributed by atoms with Crippen molar-refractivity contribution in [2.45, 2.75) is 13.1 Å². The highest BCUT2D eigenvalue weighted by Gasteiger charge is 2.05. The van der Waals surface area contributed by atoms with Crippen molar-refractivity contribution in [1.82, 2.24) is 15.1 Å². The maximum atomic E-state index is 5.68. The molecule has 0 saturated carbocycles. The summed E-state index contributed by atoms with van der Waals surface area (Å²) in [6.07, 6.45) is 3.72. The molecule has 1 aromatic heterocycles. The van der Waals surface area contributed by atoms with Gasteiger partial charge in [0.1, 0.15) is 5.75 Å². The maximum Gasteiger partial charge on any atom is 0.165 e. The third-order valence-electron chi connectivity index (χ3n) is 2.44. The molecule has 4 nitrogen and oxygen atoms in total. The number of hydrogen-bond acceptors (Lipinski definition) is 3. The lowest BCUT2D eigenvalue weighted by Crippen LogP contribution is -2.19. The third kappa shape index (κ3) is 3.08. The Morgan fingerprint density at radius 3 is 2.65 bits per heavy atom. The van der Waals surface area contributed by atoms with Gasteiger partial charge in [-0.1, -0.05) is 15.9 Å². The standard InChI is InChI=1S/C12H14BrN3O/c1-9(14-2)16-8-12(7-15-16)17-11-5-3-10(13)4-6-11/h3-9,14H,1-2H3. The van der Waals surface area contributed by atoms with E-state index in [4.69, 9.17) is 4.74 Å². The molecule has 0 spiro atoms. The predicted octanol–water partition coefficient (Wildman–Crippen LogP) is 3.18. The first-order valence-corrected chi connectivity index (χ1v) is 6.13. The molecule has 2 rings (SSSR count). The molecule has 0 aliphatic rings. The minimum Gasteiger partial charge on any atom is -0.454 e. The molecule has 1 atom stereocenters. The molecule has 5 heteroatoms. The fraction of sp³-hybridized carbons (Fsp3) is 0.250. The Bertz CT molecular complexity index is 481. The fourth-order valence-corrected chi connectivity index (χ4v) is 1.62. The van der Waals surface area contributed by atoms with Gasteiger partial charge in [-0.05, 0) is 38.2 Å². The summed E-state index contributed by atoms with van der Waals surface area (Å²) in [5.41, 5.74) is 0. The van der Waals surface area contributed by atoms with Crippen molar-refractivity contribution < 1.29 is 4.74 Å². The van der Waals surface area contributed by atoms with Gasteiger partial charge in [-0.2, -0.15) is 5.10 Å². The first-order valence-electron chi connectivity index (χ1n) is 5.34. The molecule has 1 unspecified atom stereocenters. The van der Waals surface area contributed by atoms with Crippen LogP contribution in [-0.4, -0.2) is 16.8 Å². The predicted molar refractivity (Wildman–Crippen MR) is 70.2 cm³/mol. The fourth-order valence-electron chi connectivity index (χ4n) is 1.36. The number of hydrogen-bond donors (Lipinski definition) is 1. The van der Waals surface area contributed by atoms with Gasteiger partial charge in [-0.3, -0.25) is 10.00 Å². The van der Waals surface area contributed by atoms with E-state index in [9.17, 15) is 0 Å². The summed E-state index contributed by atoms with van der Waals surface area (Å²) in [7, 11) is 1.89. The molecule has 0 aliphatic heterocycles. The Kier molecular flexibility index (Phi) is 3.81. The molecular formula is C12H14BrN3O. The average Bonchev–Trinajstić information content (AvgIpc) is 2.80. The normalized spacial score (nSPS) is 12.4. The third-order valence-corrected chi connectivity index (χ3v) is 2.97. The van der Waals surface area contributed by atoms with Gasteiger partial charge >= 0.3 is 0 Å². The highest BCUT2D eigenvalue weighted by atomic mass is 79.9. The van der Waals surface area contributed by atoms with Crippen molar-refractivity contribution in [3.8, 4) is 11.5 Å². The summed E-state index contributed by atoms with van der Waals surface area (Å²) in [5, 5.41) is 7.33. The first-order chi connectivity index (χ1) is 8.19. The average molecular weight is 296 g/mol. The van der Waals surface area contributed by atoms with Gasteiger partial charge in [0.15, 0.2) is 5.75 Å². The van der Waals surface area contributed by atoms with Gasteiger partial charge in [0.25, 0.3) is 0 Å². The van der Waals surface area contributed by atoms with Crippen LogP contribution in [-0.2, 0) is 0 Å². The number of benzene rings is 1. The van der Waals surface area contributed by atoms with Gasteiger partial charge in [0, 0.05) is 4.47 Å². The van der Waals surface area contributed by atoms with E-state index >= 15 is 0 Å². The molecule has 0 aliphatic carbocycles. The van der Waals surface area contributed by atoms with E-state index in [-0.39, 0.29) is 6.17 Å². The Morgan fingerprint density at radius 2 is 2.00 bits per heavy atom. The van der Waals surface area contributed by atoms with E-state index < -0.39 is 0 Å². The second kappa shape index (κ2) is 5.33. The second-order valence-electron chi connectivity index (χ2n) is 3.68. The lowest BCUT2D eigenvalue weighted by Gasteiger charge is -2.09. The molecule has 0 fully saturated rings. The van der Waals surface area contributed by atoms with Crippen molar-refractivity contribution in [2.24, 2.45) is 0 Å². The van der Waals surface area contributed by atoms with Gasteiger partial charge in [-0.25, -0.2) is 0 Å². The van der Waals surface area contributed by atoms with E-state index in [2.05, 4.69) is 26.3 Å². The Morgan fingerprint density at radius 1 is 1.29 bits per heavy atom. The molecule has 1 heterocycles. The van der Waals surface area contributed by atoms with Gasteiger partial charge in [-0.15, -0.1) is 0 Å². The van der Waals surface area contributed by atoms with E-state index in [1.165, 1.54) is 0 Å². The molecule has 90 valence electrons. The quantitative estimate of drug-likeness (QED) is 0.942. The van der Waals surface area contributed by atoms with Gasteiger partial charge in [0.2, 0.25) is 0 Å². The van der Waals surface area contributed by atoms with Crippen LogP contribution in [0.5, 0.6) is 11.5 Å². The van der Waals surface area contributed by atoms with E-state index in [1.807, 2.05) is 49.1 Å². The zero-order valence-electron chi connectivity index (χ0n) is 9.72. The molecule has 0 bridgehead atoms. The zero-order chi connectivity index (χ0) is 12.3.